The van der Waals surface area contributed by atoms with Crippen LogP contribution in [0.4, 0.5) is 0 Å². The second-order valence-electron chi connectivity index (χ2n) is 2.41. The molecule has 2 nitrogen and oxygen atoms in total. The van der Waals surface area contributed by atoms with Crippen molar-refractivity contribution in [2.45, 2.75) is 6.92 Å². The molecule has 2 aromatic rings. The number of aryl methyl sites for hydroxylation is 1. The maximum absolute atomic E-state index is 5.14. The standard InChI is InChI=1S/C8H6INO/c1-5-4-6-2-3-11-8(6)10-7(5)9/h2-4H,1H3. The lowest BCUT2D eigenvalue weighted by atomic mass is 10.2. The summed E-state index contributed by atoms with van der Waals surface area (Å²) in [4.78, 5) is 4.26. The number of hydrogen-bond acceptors (Lipinski definition) is 2. The van der Waals surface area contributed by atoms with Crippen molar-refractivity contribution in [3.63, 3.8) is 0 Å². The Morgan fingerprint density at radius 1 is 1.55 bits per heavy atom. The fourth-order valence-corrected chi connectivity index (χ4v) is 1.36. The van der Waals surface area contributed by atoms with E-state index in [2.05, 4.69) is 33.6 Å². The molecular formula is C8H6INO. The van der Waals surface area contributed by atoms with Crippen molar-refractivity contribution in [1.29, 1.82) is 0 Å². The largest absolute Gasteiger partial charge is 0.446 e. The lowest BCUT2D eigenvalue weighted by molar-refractivity contribution is 0.602. The van der Waals surface area contributed by atoms with Gasteiger partial charge in [0.2, 0.25) is 5.71 Å². The monoisotopic (exact) mass is 259 g/mol. The molecule has 0 aliphatic rings. The molecule has 0 saturated carbocycles. The highest BCUT2D eigenvalue weighted by Gasteiger charge is 2.01. The third-order valence-corrected chi connectivity index (χ3v) is 2.66. The molecule has 0 spiro atoms. The topological polar surface area (TPSA) is 26.0 Å². The highest BCUT2D eigenvalue weighted by Crippen LogP contribution is 2.17. The Balaban J connectivity index is 2.86. The number of fused-ring (bicyclic) bond motifs is 1. The second kappa shape index (κ2) is 2.48. The van der Waals surface area contributed by atoms with Crippen LogP contribution < -0.4 is 0 Å². The number of pyridine rings is 1. The zero-order chi connectivity index (χ0) is 7.84. The van der Waals surface area contributed by atoms with Gasteiger partial charge in [0.25, 0.3) is 0 Å². The van der Waals surface area contributed by atoms with Gasteiger partial charge < -0.3 is 4.42 Å². The van der Waals surface area contributed by atoms with Crippen LogP contribution in [-0.2, 0) is 0 Å². The smallest absolute Gasteiger partial charge is 0.226 e. The zero-order valence-electron chi connectivity index (χ0n) is 5.97. The predicted octanol–water partition coefficient (Wildman–Crippen LogP) is 2.74. The van der Waals surface area contributed by atoms with Gasteiger partial charge >= 0.3 is 0 Å². The first kappa shape index (κ1) is 7.09. The summed E-state index contributed by atoms with van der Waals surface area (Å²) in [5.74, 6) is 0. The lowest BCUT2D eigenvalue weighted by Crippen LogP contribution is -1.84. The van der Waals surface area contributed by atoms with E-state index < -0.39 is 0 Å². The van der Waals surface area contributed by atoms with Crippen molar-refractivity contribution in [3.8, 4) is 0 Å². The first-order valence-electron chi connectivity index (χ1n) is 3.28. The van der Waals surface area contributed by atoms with Crippen LogP contribution in [0.2, 0.25) is 0 Å². The summed E-state index contributed by atoms with van der Waals surface area (Å²) in [6.07, 6.45) is 1.66. The van der Waals surface area contributed by atoms with Crippen LogP contribution in [0.3, 0.4) is 0 Å². The molecule has 0 atom stereocenters. The van der Waals surface area contributed by atoms with E-state index in [1.807, 2.05) is 13.0 Å². The van der Waals surface area contributed by atoms with E-state index in [1.54, 1.807) is 6.26 Å². The molecule has 0 radical (unpaired) electrons. The predicted molar refractivity (Wildman–Crippen MR) is 51.5 cm³/mol. The average Bonchev–Trinajstić information content (AvgIpc) is 2.36. The van der Waals surface area contributed by atoms with Crippen molar-refractivity contribution >= 4 is 33.7 Å². The van der Waals surface area contributed by atoms with E-state index >= 15 is 0 Å². The van der Waals surface area contributed by atoms with Crippen LogP contribution in [0, 0.1) is 10.6 Å². The molecule has 56 valence electrons. The molecule has 3 heteroatoms. The minimum Gasteiger partial charge on any atom is -0.446 e. The molecule has 0 aliphatic carbocycles. The fraction of sp³-hybridized carbons (Fsp3) is 0.125. The molecule has 0 bridgehead atoms. The number of furan rings is 1. The van der Waals surface area contributed by atoms with E-state index in [0.29, 0.717) is 0 Å². The molecule has 2 rings (SSSR count). The van der Waals surface area contributed by atoms with Crippen LogP contribution in [0.15, 0.2) is 22.8 Å². The van der Waals surface area contributed by atoms with Crippen molar-refractivity contribution in [2.24, 2.45) is 0 Å². The van der Waals surface area contributed by atoms with Crippen LogP contribution >= 0.6 is 22.6 Å². The van der Waals surface area contributed by atoms with E-state index in [-0.39, 0.29) is 0 Å². The van der Waals surface area contributed by atoms with E-state index in [0.717, 1.165) is 14.8 Å². The SMILES string of the molecule is Cc1cc2ccoc2nc1I. The van der Waals surface area contributed by atoms with Crippen molar-refractivity contribution in [2.75, 3.05) is 0 Å². The van der Waals surface area contributed by atoms with Crippen molar-refractivity contribution in [1.82, 2.24) is 4.98 Å². The van der Waals surface area contributed by atoms with Crippen molar-refractivity contribution < 1.29 is 4.42 Å². The summed E-state index contributed by atoms with van der Waals surface area (Å²) in [5.41, 5.74) is 1.92. The number of aromatic nitrogens is 1. The molecule has 0 saturated heterocycles. The molecule has 11 heavy (non-hydrogen) atoms. The van der Waals surface area contributed by atoms with Gasteiger partial charge in [-0.15, -0.1) is 0 Å². The minimum atomic E-state index is 0.722. The maximum Gasteiger partial charge on any atom is 0.226 e. The van der Waals surface area contributed by atoms with Crippen LogP contribution in [0.5, 0.6) is 0 Å². The van der Waals surface area contributed by atoms with E-state index in [4.69, 9.17) is 4.42 Å². The van der Waals surface area contributed by atoms with Gasteiger partial charge in [-0.05, 0) is 47.2 Å². The number of hydrogen-bond donors (Lipinski definition) is 0. The molecule has 0 aromatic carbocycles. The van der Waals surface area contributed by atoms with Crippen LogP contribution in [-0.4, -0.2) is 4.98 Å². The van der Waals surface area contributed by atoms with E-state index in [9.17, 15) is 0 Å². The Bertz CT molecular complexity index is 358. The number of halogens is 1. The Kier molecular flexibility index (Phi) is 1.60. The molecule has 0 aliphatic heterocycles. The zero-order valence-corrected chi connectivity index (χ0v) is 8.12. The van der Waals surface area contributed by atoms with E-state index in [1.165, 1.54) is 5.56 Å². The van der Waals surface area contributed by atoms with Gasteiger partial charge in [-0.2, -0.15) is 0 Å². The summed E-state index contributed by atoms with van der Waals surface area (Å²) >= 11 is 2.20. The van der Waals surface area contributed by atoms with Crippen molar-refractivity contribution in [3.05, 3.63) is 27.7 Å². The molecule has 0 unspecified atom stereocenters. The number of rotatable bonds is 0. The second-order valence-corrected chi connectivity index (χ2v) is 3.43. The first-order chi connectivity index (χ1) is 5.27. The number of nitrogens with zero attached hydrogens (tertiary/aromatic N) is 1. The molecule has 0 N–H and O–H groups in total. The van der Waals surface area contributed by atoms with Gasteiger partial charge in [-0.3, -0.25) is 0 Å². The van der Waals surface area contributed by atoms with Gasteiger partial charge in [0, 0.05) is 5.39 Å². The summed E-state index contributed by atoms with van der Waals surface area (Å²) in [6, 6.07) is 4.00. The Morgan fingerprint density at radius 2 is 2.36 bits per heavy atom. The minimum absolute atomic E-state index is 0.722. The molecule has 0 fully saturated rings. The Morgan fingerprint density at radius 3 is 3.18 bits per heavy atom. The summed E-state index contributed by atoms with van der Waals surface area (Å²) in [5, 5.41) is 1.07. The van der Waals surface area contributed by atoms with Gasteiger partial charge in [0.05, 0.1) is 6.26 Å². The Labute approximate surface area is 77.8 Å². The highest BCUT2D eigenvalue weighted by atomic mass is 127. The maximum atomic E-state index is 5.14. The third kappa shape index (κ3) is 1.13. The van der Waals surface area contributed by atoms with Gasteiger partial charge in [-0.25, -0.2) is 4.98 Å². The normalized spacial score (nSPS) is 10.7. The quantitative estimate of drug-likeness (QED) is 0.537. The van der Waals surface area contributed by atoms with Gasteiger partial charge in [0.1, 0.15) is 3.70 Å². The summed E-state index contributed by atoms with van der Waals surface area (Å²) < 4.78 is 6.14. The highest BCUT2D eigenvalue weighted by molar-refractivity contribution is 14.1. The first-order valence-corrected chi connectivity index (χ1v) is 4.35. The summed E-state index contributed by atoms with van der Waals surface area (Å²) in [7, 11) is 0. The van der Waals surface area contributed by atoms with Gasteiger partial charge in [-0.1, -0.05) is 0 Å². The molecular weight excluding hydrogens is 253 g/mol. The van der Waals surface area contributed by atoms with Crippen LogP contribution in [0.25, 0.3) is 11.1 Å². The molecule has 0 amide bonds. The van der Waals surface area contributed by atoms with Gasteiger partial charge in [0.15, 0.2) is 0 Å². The Hall–Kier alpha value is -0.580. The average molecular weight is 259 g/mol. The fourth-order valence-electron chi connectivity index (χ4n) is 0.982. The molecule has 2 heterocycles. The summed E-state index contributed by atoms with van der Waals surface area (Å²) in [6.45, 7) is 2.04. The third-order valence-electron chi connectivity index (χ3n) is 1.57. The molecule has 2 aromatic heterocycles. The lowest BCUT2D eigenvalue weighted by Gasteiger charge is -1.94. The van der Waals surface area contributed by atoms with Crippen LogP contribution in [0.1, 0.15) is 5.56 Å².